The first-order valence-corrected chi connectivity index (χ1v) is 5.83. The van der Waals surface area contributed by atoms with Crippen LogP contribution < -0.4 is 0 Å². The predicted molar refractivity (Wildman–Crippen MR) is 60.1 cm³/mol. The molecule has 1 fully saturated rings. The molecule has 2 rings (SSSR count). The maximum Gasteiger partial charge on any atom is 0.0239 e. The molecule has 70 valence electrons. The molecule has 1 saturated carbocycles. The van der Waals surface area contributed by atoms with E-state index in [1.165, 1.54) is 41.3 Å². The Morgan fingerprint density at radius 1 is 1.23 bits per heavy atom. The van der Waals surface area contributed by atoms with Crippen molar-refractivity contribution in [1.82, 2.24) is 0 Å². The smallest absolute Gasteiger partial charge is 0.0239 e. The van der Waals surface area contributed by atoms with E-state index in [4.69, 9.17) is 0 Å². The lowest BCUT2D eigenvalue weighted by Gasteiger charge is -2.13. The molecule has 1 heteroatoms. The molecule has 0 aliphatic heterocycles. The van der Waals surface area contributed by atoms with Gasteiger partial charge in [0.05, 0.1) is 0 Å². The SMILES string of the molecule is Cc1cccc(C2CCCC2)c1Br. The van der Waals surface area contributed by atoms with Gasteiger partial charge in [0.2, 0.25) is 0 Å². The number of hydrogen-bond acceptors (Lipinski definition) is 0. The Morgan fingerprint density at radius 3 is 2.62 bits per heavy atom. The van der Waals surface area contributed by atoms with Crippen LogP contribution >= 0.6 is 15.9 Å². The minimum atomic E-state index is 0.814. The lowest BCUT2D eigenvalue weighted by molar-refractivity contribution is 0.719. The summed E-state index contributed by atoms with van der Waals surface area (Å²) in [7, 11) is 0. The van der Waals surface area contributed by atoms with Crippen molar-refractivity contribution < 1.29 is 0 Å². The van der Waals surface area contributed by atoms with Gasteiger partial charge in [-0.05, 0) is 36.8 Å². The van der Waals surface area contributed by atoms with E-state index >= 15 is 0 Å². The highest BCUT2D eigenvalue weighted by Crippen LogP contribution is 2.38. The molecule has 0 radical (unpaired) electrons. The second kappa shape index (κ2) is 3.83. The summed E-state index contributed by atoms with van der Waals surface area (Å²) in [6.07, 6.45) is 5.57. The van der Waals surface area contributed by atoms with Crippen molar-refractivity contribution in [3.05, 3.63) is 33.8 Å². The summed E-state index contributed by atoms with van der Waals surface area (Å²) in [5, 5.41) is 0. The van der Waals surface area contributed by atoms with Crippen molar-refractivity contribution >= 4 is 15.9 Å². The van der Waals surface area contributed by atoms with Gasteiger partial charge < -0.3 is 0 Å². The summed E-state index contributed by atoms with van der Waals surface area (Å²) in [5.41, 5.74) is 2.89. The van der Waals surface area contributed by atoms with Crippen molar-refractivity contribution in [2.24, 2.45) is 0 Å². The molecule has 1 aromatic rings. The van der Waals surface area contributed by atoms with Gasteiger partial charge in [-0.2, -0.15) is 0 Å². The molecule has 13 heavy (non-hydrogen) atoms. The van der Waals surface area contributed by atoms with Gasteiger partial charge in [0.25, 0.3) is 0 Å². The molecule has 0 nitrogen and oxygen atoms in total. The number of rotatable bonds is 1. The summed E-state index contributed by atoms with van der Waals surface area (Å²) < 4.78 is 1.34. The normalized spacial score (nSPS) is 18.0. The third kappa shape index (κ3) is 1.80. The van der Waals surface area contributed by atoms with Crippen LogP contribution in [0.4, 0.5) is 0 Å². The molecule has 0 atom stereocenters. The van der Waals surface area contributed by atoms with Crippen molar-refractivity contribution in [1.29, 1.82) is 0 Å². The summed E-state index contributed by atoms with van der Waals surface area (Å²) in [6.45, 7) is 2.17. The topological polar surface area (TPSA) is 0 Å². The molecule has 0 aromatic heterocycles. The average Bonchev–Trinajstić information content (AvgIpc) is 2.62. The molecule has 1 aliphatic rings. The standard InChI is InChI=1S/C12H15Br/c1-9-5-4-8-11(12(9)13)10-6-2-3-7-10/h4-5,8,10H,2-3,6-7H2,1H3. The van der Waals surface area contributed by atoms with E-state index in [1.807, 2.05) is 0 Å². The molecule has 0 N–H and O–H groups in total. The predicted octanol–water partition coefficient (Wildman–Crippen LogP) is 4.42. The highest BCUT2D eigenvalue weighted by molar-refractivity contribution is 9.10. The van der Waals surface area contributed by atoms with Crippen molar-refractivity contribution in [3.8, 4) is 0 Å². The number of halogens is 1. The molecule has 0 unspecified atom stereocenters. The lowest BCUT2D eigenvalue weighted by atomic mass is 9.96. The number of hydrogen-bond donors (Lipinski definition) is 0. The van der Waals surface area contributed by atoms with Gasteiger partial charge >= 0.3 is 0 Å². The Bertz CT molecular complexity index is 298. The second-order valence-electron chi connectivity index (χ2n) is 3.96. The van der Waals surface area contributed by atoms with Gasteiger partial charge in [-0.15, -0.1) is 0 Å². The van der Waals surface area contributed by atoms with Crippen molar-refractivity contribution in [2.75, 3.05) is 0 Å². The van der Waals surface area contributed by atoms with E-state index in [0.29, 0.717) is 0 Å². The van der Waals surface area contributed by atoms with E-state index < -0.39 is 0 Å². The van der Waals surface area contributed by atoms with Gasteiger partial charge in [-0.3, -0.25) is 0 Å². The molecule has 1 aliphatic carbocycles. The van der Waals surface area contributed by atoms with Crippen LogP contribution in [0.2, 0.25) is 0 Å². The van der Waals surface area contributed by atoms with E-state index in [-0.39, 0.29) is 0 Å². The summed E-state index contributed by atoms with van der Waals surface area (Å²) in [4.78, 5) is 0. The third-order valence-electron chi connectivity index (χ3n) is 3.02. The van der Waals surface area contributed by atoms with Crippen molar-refractivity contribution in [3.63, 3.8) is 0 Å². The Labute approximate surface area is 88.5 Å². The fourth-order valence-corrected chi connectivity index (χ4v) is 2.81. The highest BCUT2D eigenvalue weighted by Gasteiger charge is 2.19. The zero-order chi connectivity index (χ0) is 9.26. The van der Waals surface area contributed by atoms with Gasteiger partial charge in [-0.1, -0.05) is 47.0 Å². The van der Waals surface area contributed by atoms with Gasteiger partial charge in [0.1, 0.15) is 0 Å². The van der Waals surface area contributed by atoms with E-state index in [0.717, 1.165) is 5.92 Å². The van der Waals surface area contributed by atoms with Crippen LogP contribution in [0.1, 0.15) is 42.7 Å². The van der Waals surface area contributed by atoms with Crippen LogP contribution in [0, 0.1) is 6.92 Å². The second-order valence-corrected chi connectivity index (χ2v) is 4.75. The molecular formula is C12H15Br. The van der Waals surface area contributed by atoms with Crippen LogP contribution in [0.15, 0.2) is 22.7 Å². The largest absolute Gasteiger partial charge is 0.0616 e. The molecule has 0 saturated heterocycles. The number of aryl methyl sites for hydroxylation is 1. The first-order chi connectivity index (χ1) is 6.29. The lowest BCUT2D eigenvalue weighted by Crippen LogP contribution is -1.94. The van der Waals surface area contributed by atoms with E-state index in [2.05, 4.69) is 41.1 Å². The van der Waals surface area contributed by atoms with Crippen LogP contribution in [-0.4, -0.2) is 0 Å². The highest BCUT2D eigenvalue weighted by atomic mass is 79.9. The van der Waals surface area contributed by atoms with Crippen LogP contribution in [0.25, 0.3) is 0 Å². The molecule has 0 heterocycles. The molecule has 0 amide bonds. The molecular weight excluding hydrogens is 224 g/mol. The number of benzene rings is 1. The van der Waals surface area contributed by atoms with Gasteiger partial charge in [-0.25, -0.2) is 0 Å². The quantitative estimate of drug-likeness (QED) is 0.680. The molecule has 0 bridgehead atoms. The Balaban J connectivity index is 2.33. The van der Waals surface area contributed by atoms with Gasteiger partial charge in [0.15, 0.2) is 0 Å². The zero-order valence-electron chi connectivity index (χ0n) is 8.02. The van der Waals surface area contributed by atoms with E-state index in [1.54, 1.807) is 0 Å². The fourth-order valence-electron chi connectivity index (χ4n) is 2.22. The first kappa shape index (κ1) is 9.26. The van der Waals surface area contributed by atoms with Crippen LogP contribution in [-0.2, 0) is 0 Å². The van der Waals surface area contributed by atoms with E-state index in [9.17, 15) is 0 Å². The Hall–Kier alpha value is -0.300. The summed E-state index contributed by atoms with van der Waals surface area (Å²) in [5.74, 6) is 0.814. The Morgan fingerprint density at radius 2 is 1.92 bits per heavy atom. The molecule has 1 aromatic carbocycles. The minimum Gasteiger partial charge on any atom is -0.0616 e. The summed E-state index contributed by atoms with van der Waals surface area (Å²) in [6, 6.07) is 6.61. The average molecular weight is 239 g/mol. The minimum absolute atomic E-state index is 0.814. The zero-order valence-corrected chi connectivity index (χ0v) is 9.60. The Kier molecular flexibility index (Phi) is 2.73. The molecule has 0 spiro atoms. The van der Waals surface area contributed by atoms with Crippen LogP contribution in [0.3, 0.4) is 0 Å². The fraction of sp³-hybridized carbons (Fsp3) is 0.500. The maximum absolute atomic E-state index is 3.69. The summed E-state index contributed by atoms with van der Waals surface area (Å²) >= 11 is 3.69. The van der Waals surface area contributed by atoms with Gasteiger partial charge in [0, 0.05) is 4.47 Å². The maximum atomic E-state index is 3.69. The third-order valence-corrected chi connectivity index (χ3v) is 4.10. The first-order valence-electron chi connectivity index (χ1n) is 5.04. The van der Waals surface area contributed by atoms with Crippen LogP contribution in [0.5, 0.6) is 0 Å². The monoisotopic (exact) mass is 238 g/mol. The van der Waals surface area contributed by atoms with Crippen molar-refractivity contribution in [2.45, 2.75) is 38.5 Å².